The van der Waals surface area contributed by atoms with E-state index in [1.807, 2.05) is 44.2 Å². The Morgan fingerprint density at radius 2 is 1.86 bits per heavy atom. The van der Waals surface area contributed by atoms with Gasteiger partial charge in [0.25, 0.3) is 0 Å². The number of hydrogen-bond donors (Lipinski definition) is 0. The average molecular weight is 351 g/mol. The van der Waals surface area contributed by atoms with E-state index in [-0.39, 0.29) is 5.56 Å². The number of rotatable bonds is 3. The van der Waals surface area contributed by atoms with Gasteiger partial charge in [0.2, 0.25) is 0 Å². The first-order valence-electron chi connectivity index (χ1n) is 6.36. The monoisotopic (exact) mass is 350 g/mol. The molecule has 0 saturated heterocycles. The van der Waals surface area contributed by atoms with Crippen LogP contribution in [0.5, 0.6) is 0 Å². The minimum absolute atomic E-state index is 0.0933. The molecule has 2 rings (SSSR count). The molecule has 0 radical (unpaired) electrons. The maximum atomic E-state index is 12.2. The van der Waals surface area contributed by atoms with E-state index in [0.29, 0.717) is 11.3 Å². The van der Waals surface area contributed by atoms with Gasteiger partial charge in [0.1, 0.15) is 5.76 Å². The van der Waals surface area contributed by atoms with Crippen molar-refractivity contribution < 1.29 is 13.9 Å². The fourth-order valence-corrected chi connectivity index (χ4v) is 2.12. The van der Waals surface area contributed by atoms with Crippen molar-refractivity contribution in [1.82, 2.24) is 0 Å². The highest BCUT2D eigenvalue weighted by Gasteiger charge is 2.26. The van der Waals surface area contributed by atoms with Crippen LogP contribution in [0, 0.1) is 0 Å². The second-order valence-corrected chi connectivity index (χ2v) is 7.00. The van der Waals surface area contributed by atoms with Gasteiger partial charge in [-0.2, -0.15) is 0 Å². The highest BCUT2D eigenvalue weighted by molar-refractivity contribution is 9.09. The Morgan fingerprint density at radius 1 is 1.24 bits per heavy atom. The van der Waals surface area contributed by atoms with Gasteiger partial charge >= 0.3 is 11.6 Å². The number of methoxy groups -OCH3 is 1. The summed E-state index contributed by atoms with van der Waals surface area (Å²) in [4.78, 5) is 24.1. The Labute approximate surface area is 130 Å². The zero-order valence-electron chi connectivity index (χ0n) is 12.0. The van der Waals surface area contributed by atoms with E-state index in [4.69, 9.17) is 9.15 Å². The number of esters is 1. The first kappa shape index (κ1) is 15.5. The molecule has 5 heteroatoms. The summed E-state index contributed by atoms with van der Waals surface area (Å²) in [5.41, 5.74) is 0.458. The zero-order chi connectivity index (χ0) is 15.6. The van der Waals surface area contributed by atoms with Crippen molar-refractivity contribution in [2.75, 3.05) is 7.11 Å². The lowest BCUT2D eigenvalue weighted by molar-refractivity contribution is 0.0596. The van der Waals surface area contributed by atoms with Crippen molar-refractivity contribution in [1.29, 1.82) is 0 Å². The van der Waals surface area contributed by atoms with Crippen molar-refractivity contribution in [2.45, 2.75) is 18.2 Å². The van der Waals surface area contributed by atoms with Crippen LogP contribution in [-0.2, 0) is 9.06 Å². The third kappa shape index (κ3) is 3.24. The Morgan fingerprint density at radius 3 is 2.38 bits per heavy atom. The lowest BCUT2D eigenvalue weighted by Crippen LogP contribution is -2.20. The molecule has 1 aromatic carbocycles. The van der Waals surface area contributed by atoms with Crippen molar-refractivity contribution >= 4 is 21.9 Å². The molecule has 21 heavy (non-hydrogen) atoms. The van der Waals surface area contributed by atoms with Gasteiger partial charge in [0.15, 0.2) is 5.56 Å². The molecule has 0 spiro atoms. The van der Waals surface area contributed by atoms with Gasteiger partial charge < -0.3 is 9.15 Å². The zero-order valence-corrected chi connectivity index (χ0v) is 13.6. The van der Waals surface area contributed by atoms with Crippen LogP contribution >= 0.6 is 15.9 Å². The van der Waals surface area contributed by atoms with E-state index >= 15 is 0 Å². The number of alkyl halides is 1. The molecule has 4 nitrogen and oxygen atoms in total. The lowest BCUT2D eigenvalue weighted by atomic mass is 9.99. The van der Waals surface area contributed by atoms with Crippen LogP contribution in [0.3, 0.4) is 0 Å². The average Bonchev–Trinajstić information content (AvgIpc) is 2.45. The SMILES string of the molecule is COC(=O)c1c(-c2ccccc2)cc(C(C)(C)Br)oc1=O. The summed E-state index contributed by atoms with van der Waals surface area (Å²) in [6, 6.07) is 10.9. The van der Waals surface area contributed by atoms with E-state index in [1.165, 1.54) is 7.11 Å². The van der Waals surface area contributed by atoms with Crippen molar-refractivity contribution in [3.8, 4) is 11.1 Å². The standard InChI is InChI=1S/C16H15BrO4/c1-16(2,17)12-9-11(10-7-5-4-6-8-10)13(14(18)20-3)15(19)21-12/h4-9H,1-3H3. The first-order valence-corrected chi connectivity index (χ1v) is 7.15. The molecule has 0 fully saturated rings. The van der Waals surface area contributed by atoms with Crippen LogP contribution in [-0.4, -0.2) is 13.1 Å². The second kappa shape index (κ2) is 5.85. The summed E-state index contributed by atoms with van der Waals surface area (Å²) in [7, 11) is 1.24. The van der Waals surface area contributed by atoms with Gasteiger partial charge in [0, 0.05) is 5.56 Å². The summed E-state index contributed by atoms with van der Waals surface area (Å²) < 4.78 is 9.43. The molecule has 110 valence electrons. The molecule has 0 aliphatic rings. The van der Waals surface area contributed by atoms with Crippen LogP contribution in [0.25, 0.3) is 11.1 Å². The van der Waals surface area contributed by atoms with Gasteiger partial charge in [-0.1, -0.05) is 46.3 Å². The molecule has 0 atom stereocenters. The van der Waals surface area contributed by atoms with E-state index in [1.54, 1.807) is 6.07 Å². The lowest BCUT2D eigenvalue weighted by Gasteiger charge is -2.17. The molecular formula is C16H15BrO4. The van der Waals surface area contributed by atoms with Crippen LogP contribution in [0.15, 0.2) is 45.6 Å². The highest BCUT2D eigenvalue weighted by atomic mass is 79.9. The van der Waals surface area contributed by atoms with Gasteiger partial charge in [0.05, 0.1) is 11.4 Å². The van der Waals surface area contributed by atoms with Crippen LogP contribution in [0.4, 0.5) is 0 Å². The van der Waals surface area contributed by atoms with E-state index in [0.717, 1.165) is 5.56 Å². The quantitative estimate of drug-likeness (QED) is 0.625. The molecule has 1 heterocycles. The minimum atomic E-state index is -0.707. The second-order valence-electron chi connectivity index (χ2n) is 5.02. The van der Waals surface area contributed by atoms with Crippen LogP contribution in [0.2, 0.25) is 0 Å². The smallest absolute Gasteiger partial charge is 0.351 e. The molecule has 0 unspecified atom stereocenters. The minimum Gasteiger partial charge on any atom is -0.465 e. The molecule has 1 aromatic heterocycles. The van der Waals surface area contributed by atoms with Gasteiger partial charge in [-0.3, -0.25) is 0 Å². The summed E-state index contributed by atoms with van der Waals surface area (Å²) in [5.74, 6) is -0.263. The fourth-order valence-electron chi connectivity index (χ4n) is 1.93. The Hall–Kier alpha value is -1.88. The molecule has 0 aliphatic carbocycles. The number of carbonyl (C=O) groups is 1. The van der Waals surface area contributed by atoms with E-state index < -0.39 is 15.9 Å². The highest BCUT2D eigenvalue weighted by Crippen LogP contribution is 2.33. The molecular weight excluding hydrogens is 336 g/mol. The molecule has 0 aliphatic heterocycles. The molecule has 0 amide bonds. The number of benzene rings is 1. The largest absolute Gasteiger partial charge is 0.465 e. The van der Waals surface area contributed by atoms with Crippen molar-refractivity contribution in [2.24, 2.45) is 0 Å². The van der Waals surface area contributed by atoms with Gasteiger partial charge in [-0.05, 0) is 25.5 Å². The molecule has 0 N–H and O–H groups in total. The summed E-state index contributed by atoms with van der Waals surface area (Å²) in [6.07, 6.45) is 0. The molecule has 0 bridgehead atoms. The Balaban J connectivity index is 2.78. The van der Waals surface area contributed by atoms with Crippen LogP contribution in [0.1, 0.15) is 30.0 Å². The summed E-state index contributed by atoms with van der Waals surface area (Å²) >= 11 is 3.46. The normalized spacial score (nSPS) is 11.2. The van der Waals surface area contributed by atoms with Gasteiger partial charge in [-0.15, -0.1) is 0 Å². The predicted octanol–water partition coefficient (Wildman–Crippen LogP) is 3.72. The maximum absolute atomic E-state index is 12.2. The molecule has 0 saturated carbocycles. The Kier molecular flexibility index (Phi) is 4.32. The summed E-state index contributed by atoms with van der Waals surface area (Å²) in [6.45, 7) is 3.72. The van der Waals surface area contributed by atoms with Crippen molar-refractivity contribution in [3.63, 3.8) is 0 Å². The number of carbonyl (C=O) groups excluding carboxylic acids is 1. The number of hydrogen-bond acceptors (Lipinski definition) is 4. The first-order chi connectivity index (χ1) is 9.84. The maximum Gasteiger partial charge on any atom is 0.351 e. The van der Waals surface area contributed by atoms with Crippen molar-refractivity contribution in [3.05, 3.63) is 58.1 Å². The number of halogens is 1. The molecule has 2 aromatic rings. The predicted molar refractivity (Wildman–Crippen MR) is 83.7 cm³/mol. The number of ether oxygens (including phenoxy) is 1. The summed E-state index contributed by atoms with van der Waals surface area (Å²) in [5, 5.41) is 0. The third-order valence-electron chi connectivity index (χ3n) is 3.01. The fraction of sp³-hybridized carbons (Fsp3) is 0.250. The topological polar surface area (TPSA) is 56.5 Å². The Bertz CT molecular complexity index is 711. The van der Waals surface area contributed by atoms with E-state index in [2.05, 4.69) is 15.9 Å². The van der Waals surface area contributed by atoms with Gasteiger partial charge in [-0.25, -0.2) is 9.59 Å². The van der Waals surface area contributed by atoms with E-state index in [9.17, 15) is 9.59 Å². The third-order valence-corrected chi connectivity index (χ3v) is 3.40. The van der Waals surface area contributed by atoms with Crippen LogP contribution < -0.4 is 5.63 Å².